The largest absolute Gasteiger partial charge is 0.359 e. The third kappa shape index (κ3) is 4.80. The maximum Gasteiger partial charge on any atom is 0.311 e. The van der Waals surface area contributed by atoms with Crippen LogP contribution in [0.4, 0.5) is 0 Å². The number of sulfone groups is 1. The van der Waals surface area contributed by atoms with Gasteiger partial charge in [-0.15, -0.1) is 0 Å². The highest BCUT2D eigenvalue weighted by atomic mass is 32.2. The van der Waals surface area contributed by atoms with Crippen LogP contribution in [0.2, 0.25) is 0 Å². The Bertz CT molecular complexity index is 476. The lowest BCUT2D eigenvalue weighted by molar-refractivity contribution is -0.146. The molecular formula is C11H19N3O5S. The Labute approximate surface area is 117 Å². The first-order valence-corrected chi connectivity index (χ1v) is 8.12. The highest BCUT2D eigenvalue weighted by Crippen LogP contribution is 2.16. The fourth-order valence-electron chi connectivity index (χ4n) is 1.93. The summed E-state index contributed by atoms with van der Waals surface area (Å²) in [4.78, 5) is 34.6. The van der Waals surface area contributed by atoms with Gasteiger partial charge in [0, 0.05) is 26.2 Å². The molecule has 1 rings (SSSR count). The number of likely N-dealkylation sites (N-methyl/N-ethyl adjacent to an activating group) is 1. The van der Waals surface area contributed by atoms with E-state index in [-0.39, 0.29) is 18.1 Å². The Morgan fingerprint density at radius 2 is 2.05 bits per heavy atom. The van der Waals surface area contributed by atoms with Crippen LogP contribution in [-0.2, 0) is 24.2 Å². The Kier molecular flexibility index (Phi) is 5.93. The lowest BCUT2D eigenvalue weighted by Crippen LogP contribution is -2.46. The standard InChI is InChI=1S/C11H19N3O5S/c1-14(9-3-6-20(18,19)7-9)11(17)10(16)13-5-2-4-12-8-15/h8-9H,2-7H2,1H3,(H,12,15)(H,13,16). The van der Waals surface area contributed by atoms with Crippen molar-refractivity contribution < 1.29 is 22.8 Å². The van der Waals surface area contributed by atoms with E-state index < -0.39 is 27.7 Å². The molecule has 1 fully saturated rings. The van der Waals surface area contributed by atoms with Crippen LogP contribution < -0.4 is 10.6 Å². The first kappa shape index (κ1) is 16.4. The second-order valence-corrected chi connectivity index (χ2v) is 6.88. The molecule has 1 aliphatic heterocycles. The van der Waals surface area contributed by atoms with Crippen molar-refractivity contribution in [2.45, 2.75) is 18.9 Å². The molecule has 114 valence electrons. The normalized spacial score (nSPS) is 20.1. The molecule has 0 spiro atoms. The molecule has 2 N–H and O–H groups in total. The summed E-state index contributed by atoms with van der Waals surface area (Å²) in [6, 6.07) is -0.435. The minimum absolute atomic E-state index is 0.0499. The summed E-state index contributed by atoms with van der Waals surface area (Å²) >= 11 is 0. The van der Waals surface area contributed by atoms with E-state index in [9.17, 15) is 22.8 Å². The van der Waals surface area contributed by atoms with Gasteiger partial charge in [0.05, 0.1) is 11.5 Å². The highest BCUT2D eigenvalue weighted by Gasteiger charge is 2.34. The van der Waals surface area contributed by atoms with Crippen molar-refractivity contribution in [3.8, 4) is 0 Å². The molecule has 1 atom stereocenters. The molecule has 0 radical (unpaired) electrons. The van der Waals surface area contributed by atoms with Gasteiger partial charge in [0.2, 0.25) is 6.41 Å². The van der Waals surface area contributed by atoms with Crippen LogP contribution in [0.25, 0.3) is 0 Å². The van der Waals surface area contributed by atoms with E-state index in [4.69, 9.17) is 0 Å². The smallest absolute Gasteiger partial charge is 0.311 e. The summed E-state index contributed by atoms with van der Waals surface area (Å²) in [7, 11) is -1.66. The third-order valence-corrected chi connectivity index (χ3v) is 4.89. The maximum atomic E-state index is 11.8. The van der Waals surface area contributed by atoms with Crippen molar-refractivity contribution in [3.05, 3.63) is 0 Å². The molecule has 20 heavy (non-hydrogen) atoms. The van der Waals surface area contributed by atoms with Crippen LogP contribution in [0.5, 0.6) is 0 Å². The van der Waals surface area contributed by atoms with Crippen LogP contribution in [0, 0.1) is 0 Å². The summed E-state index contributed by atoms with van der Waals surface area (Å²) in [5.41, 5.74) is 0. The molecular weight excluding hydrogens is 286 g/mol. The average Bonchev–Trinajstić information content (AvgIpc) is 2.77. The van der Waals surface area contributed by atoms with Crippen molar-refractivity contribution in [3.63, 3.8) is 0 Å². The Morgan fingerprint density at radius 3 is 2.60 bits per heavy atom. The van der Waals surface area contributed by atoms with Gasteiger partial charge in [0.1, 0.15) is 0 Å². The molecule has 3 amide bonds. The van der Waals surface area contributed by atoms with Crippen molar-refractivity contribution in [2.75, 3.05) is 31.6 Å². The van der Waals surface area contributed by atoms with Gasteiger partial charge >= 0.3 is 11.8 Å². The van der Waals surface area contributed by atoms with Gasteiger partial charge < -0.3 is 15.5 Å². The van der Waals surface area contributed by atoms with E-state index >= 15 is 0 Å². The van der Waals surface area contributed by atoms with Crippen molar-refractivity contribution >= 4 is 28.1 Å². The number of amides is 3. The fraction of sp³-hybridized carbons (Fsp3) is 0.727. The monoisotopic (exact) mass is 305 g/mol. The number of hydrogen-bond donors (Lipinski definition) is 2. The number of rotatable bonds is 6. The first-order chi connectivity index (χ1) is 9.37. The quantitative estimate of drug-likeness (QED) is 0.331. The van der Waals surface area contributed by atoms with Gasteiger partial charge in [-0.3, -0.25) is 14.4 Å². The van der Waals surface area contributed by atoms with Crippen LogP contribution in [-0.4, -0.2) is 69.2 Å². The SMILES string of the molecule is CN(C(=O)C(=O)NCCCNC=O)C1CCS(=O)(=O)C1. The van der Waals surface area contributed by atoms with E-state index in [1.807, 2.05) is 0 Å². The first-order valence-electron chi connectivity index (χ1n) is 6.30. The number of hydrogen-bond acceptors (Lipinski definition) is 5. The third-order valence-electron chi connectivity index (χ3n) is 3.14. The van der Waals surface area contributed by atoms with Gasteiger partial charge in [-0.05, 0) is 12.8 Å². The zero-order valence-electron chi connectivity index (χ0n) is 11.3. The maximum absolute atomic E-state index is 11.8. The lowest BCUT2D eigenvalue weighted by Gasteiger charge is -2.22. The number of nitrogens with one attached hydrogen (secondary N) is 2. The Balaban J connectivity index is 2.37. The van der Waals surface area contributed by atoms with Crippen molar-refractivity contribution in [2.24, 2.45) is 0 Å². The fourth-order valence-corrected chi connectivity index (χ4v) is 3.71. The van der Waals surface area contributed by atoms with Crippen molar-refractivity contribution in [1.82, 2.24) is 15.5 Å². The van der Waals surface area contributed by atoms with Gasteiger partial charge in [-0.1, -0.05) is 0 Å². The second-order valence-electron chi connectivity index (χ2n) is 4.65. The number of carbonyl (C=O) groups is 3. The van der Waals surface area contributed by atoms with Gasteiger partial charge in [-0.2, -0.15) is 0 Å². The van der Waals surface area contributed by atoms with E-state index in [1.54, 1.807) is 0 Å². The predicted molar refractivity (Wildman–Crippen MR) is 71.5 cm³/mol. The molecule has 0 bridgehead atoms. The zero-order valence-corrected chi connectivity index (χ0v) is 12.1. The Hall–Kier alpha value is -1.64. The molecule has 0 aliphatic carbocycles. The Morgan fingerprint density at radius 1 is 1.35 bits per heavy atom. The molecule has 0 aromatic heterocycles. The molecule has 1 unspecified atom stereocenters. The van der Waals surface area contributed by atoms with E-state index in [1.165, 1.54) is 11.9 Å². The molecule has 8 nitrogen and oxygen atoms in total. The number of carbonyl (C=O) groups excluding carboxylic acids is 3. The summed E-state index contributed by atoms with van der Waals surface area (Å²) in [5, 5.41) is 4.86. The molecule has 0 saturated carbocycles. The second kappa shape index (κ2) is 7.22. The average molecular weight is 305 g/mol. The molecule has 0 aromatic carbocycles. The summed E-state index contributed by atoms with van der Waals surface area (Å²) in [5.74, 6) is -1.54. The van der Waals surface area contributed by atoms with E-state index in [0.29, 0.717) is 25.8 Å². The molecule has 0 aromatic rings. The summed E-state index contributed by atoms with van der Waals surface area (Å²) in [6.07, 6.45) is 1.43. The van der Waals surface area contributed by atoms with Gasteiger partial charge in [0.15, 0.2) is 9.84 Å². The topological polar surface area (TPSA) is 113 Å². The molecule has 1 heterocycles. The zero-order chi connectivity index (χ0) is 15.2. The number of nitrogens with zero attached hydrogens (tertiary/aromatic N) is 1. The van der Waals surface area contributed by atoms with Crippen molar-refractivity contribution in [1.29, 1.82) is 0 Å². The highest BCUT2D eigenvalue weighted by molar-refractivity contribution is 7.91. The molecule has 1 saturated heterocycles. The van der Waals surface area contributed by atoms with E-state index in [2.05, 4.69) is 10.6 Å². The van der Waals surface area contributed by atoms with Crippen LogP contribution in [0.3, 0.4) is 0 Å². The summed E-state index contributed by atoms with van der Waals surface area (Å²) in [6.45, 7) is 0.677. The van der Waals surface area contributed by atoms with Crippen LogP contribution in [0.1, 0.15) is 12.8 Å². The minimum atomic E-state index is -3.09. The summed E-state index contributed by atoms with van der Waals surface area (Å²) < 4.78 is 22.7. The van der Waals surface area contributed by atoms with Gasteiger partial charge in [-0.25, -0.2) is 8.42 Å². The van der Waals surface area contributed by atoms with Crippen LogP contribution in [0.15, 0.2) is 0 Å². The molecule has 9 heteroatoms. The predicted octanol–water partition coefficient (Wildman–Crippen LogP) is -2.12. The van der Waals surface area contributed by atoms with Gasteiger partial charge in [0.25, 0.3) is 0 Å². The lowest BCUT2D eigenvalue weighted by atomic mass is 10.2. The van der Waals surface area contributed by atoms with Crippen LogP contribution >= 0.6 is 0 Å². The van der Waals surface area contributed by atoms with E-state index in [0.717, 1.165) is 0 Å². The minimum Gasteiger partial charge on any atom is -0.359 e. The molecule has 1 aliphatic rings.